The van der Waals surface area contributed by atoms with Crippen LogP contribution in [0.1, 0.15) is 12.0 Å². The van der Waals surface area contributed by atoms with Crippen LogP contribution in [0.4, 0.5) is 10.2 Å². The number of rotatable bonds is 3. The summed E-state index contributed by atoms with van der Waals surface area (Å²) in [6.07, 6.45) is 2.22. The Hall–Kier alpha value is -1.16. The van der Waals surface area contributed by atoms with Crippen LogP contribution in [0, 0.1) is 5.82 Å². The third-order valence-corrected chi connectivity index (χ3v) is 1.57. The smallest absolute Gasteiger partial charge is 0.141 e. The van der Waals surface area contributed by atoms with Gasteiger partial charge in [0.2, 0.25) is 0 Å². The number of pyridine rings is 1. The van der Waals surface area contributed by atoms with Gasteiger partial charge in [0.1, 0.15) is 11.6 Å². The van der Waals surface area contributed by atoms with Crippen molar-refractivity contribution < 1.29 is 9.50 Å². The van der Waals surface area contributed by atoms with Gasteiger partial charge in [0.15, 0.2) is 0 Å². The molecule has 1 rings (SSSR count). The van der Waals surface area contributed by atoms with E-state index in [1.54, 1.807) is 0 Å². The summed E-state index contributed by atoms with van der Waals surface area (Å²) in [5.74, 6) is -0.0537. The maximum absolute atomic E-state index is 12.6. The molecular weight excluding hydrogens is 159 g/mol. The molecule has 3 N–H and O–H groups in total. The van der Waals surface area contributed by atoms with E-state index < -0.39 is 5.82 Å². The van der Waals surface area contributed by atoms with Crippen molar-refractivity contribution in [3.63, 3.8) is 0 Å². The lowest BCUT2D eigenvalue weighted by molar-refractivity contribution is 0.288. The van der Waals surface area contributed by atoms with Gasteiger partial charge in [-0.3, -0.25) is 0 Å². The molecule has 1 aromatic heterocycles. The minimum absolute atomic E-state index is 0.0793. The standard InChI is InChI=1S/C8H11FN2O/c9-7-4-6(2-1-3-12)8(10)11-5-7/h4-5,12H,1-3H2,(H2,10,11). The van der Waals surface area contributed by atoms with Crippen molar-refractivity contribution in [1.29, 1.82) is 0 Å². The van der Waals surface area contributed by atoms with Gasteiger partial charge >= 0.3 is 0 Å². The summed E-state index contributed by atoms with van der Waals surface area (Å²) in [5, 5.41) is 8.53. The molecule has 0 saturated heterocycles. The third kappa shape index (κ3) is 2.17. The molecule has 66 valence electrons. The lowest BCUT2D eigenvalue weighted by Crippen LogP contribution is -1.99. The van der Waals surface area contributed by atoms with Crippen molar-refractivity contribution in [2.75, 3.05) is 12.3 Å². The minimum Gasteiger partial charge on any atom is -0.396 e. The van der Waals surface area contributed by atoms with Crippen LogP contribution in [0.3, 0.4) is 0 Å². The average Bonchev–Trinajstić information content (AvgIpc) is 2.07. The zero-order chi connectivity index (χ0) is 8.97. The maximum Gasteiger partial charge on any atom is 0.141 e. The molecule has 12 heavy (non-hydrogen) atoms. The van der Waals surface area contributed by atoms with Crippen molar-refractivity contribution in [3.05, 3.63) is 23.6 Å². The van der Waals surface area contributed by atoms with Gasteiger partial charge in [0.25, 0.3) is 0 Å². The number of aryl methyl sites for hydroxylation is 1. The van der Waals surface area contributed by atoms with Gasteiger partial charge in [-0.1, -0.05) is 0 Å². The first kappa shape index (κ1) is 8.93. The highest BCUT2D eigenvalue weighted by molar-refractivity contribution is 5.38. The first-order valence-electron chi connectivity index (χ1n) is 3.75. The lowest BCUT2D eigenvalue weighted by Gasteiger charge is -2.02. The van der Waals surface area contributed by atoms with Crippen LogP contribution in [0.15, 0.2) is 12.3 Å². The first-order chi connectivity index (χ1) is 5.74. The van der Waals surface area contributed by atoms with Gasteiger partial charge in [-0.05, 0) is 24.5 Å². The van der Waals surface area contributed by atoms with Gasteiger partial charge in [0.05, 0.1) is 6.20 Å². The van der Waals surface area contributed by atoms with Gasteiger partial charge < -0.3 is 10.8 Å². The van der Waals surface area contributed by atoms with E-state index in [1.807, 2.05) is 0 Å². The summed E-state index contributed by atoms with van der Waals surface area (Å²) in [7, 11) is 0. The molecule has 3 nitrogen and oxygen atoms in total. The predicted octanol–water partition coefficient (Wildman–Crippen LogP) is 0.728. The van der Waals surface area contributed by atoms with E-state index in [0.717, 1.165) is 6.20 Å². The maximum atomic E-state index is 12.6. The van der Waals surface area contributed by atoms with E-state index >= 15 is 0 Å². The van der Waals surface area contributed by atoms with Crippen molar-refractivity contribution in [3.8, 4) is 0 Å². The van der Waals surface area contributed by atoms with Gasteiger partial charge in [-0.15, -0.1) is 0 Å². The van der Waals surface area contributed by atoms with Gasteiger partial charge in [-0.25, -0.2) is 9.37 Å². The Morgan fingerprint density at radius 1 is 1.58 bits per heavy atom. The lowest BCUT2D eigenvalue weighted by atomic mass is 10.1. The number of nitrogens with zero attached hydrogens (tertiary/aromatic N) is 1. The fraction of sp³-hybridized carbons (Fsp3) is 0.375. The van der Waals surface area contributed by atoms with Crippen LogP contribution in [-0.2, 0) is 6.42 Å². The molecular formula is C8H11FN2O. The number of anilines is 1. The molecule has 0 aliphatic heterocycles. The highest BCUT2D eigenvalue weighted by atomic mass is 19.1. The molecule has 0 aromatic carbocycles. The van der Waals surface area contributed by atoms with Crippen molar-refractivity contribution in [1.82, 2.24) is 4.98 Å². The molecule has 0 unspecified atom stereocenters. The van der Waals surface area contributed by atoms with Crippen LogP contribution < -0.4 is 5.73 Å². The summed E-state index contributed by atoms with van der Waals surface area (Å²) < 4.78 is 12.6. The number of hydrogen-bond donors (Lipinski definition) is 2. The fourth-order valence-electron chi connectivity index (χ4n) is 0.962. The Kier molecular flexibility index (Phi) is 2.99. The molecule has 0 bridgehead atoms. The van der Waals surface area contributed by atoms with Crippen LogP contribution in [0.2, 0.25) is 0 Å². The van der Waals surface area contributed by atoms with E-state index in [-0.39, 0.29) is 6.61 Å². The normalized spacial score (nSPS) is 10.2. The molecule has 0 spiro atoms. The Balaban J connectivity index is 2.75. The molecule has 1 aromatic rings. The van der Waals surface area contributed by atoms with Gasteiger partial charge in [-0.2, -0.15) is 0 Å². The largest absolute Gasteiger partial charge is 0.396 e. The van der Waals surface area contributed by atoms with Gasteiger partial charge in [0, 0.05) is 6.61 Å². The third-order valence-electron chi connectivity index (χ3n) is 1.57. The summed E-state index contributed by atoms with van der Waals surface area (Å²) in [5.41, 5.74) is 6.13. The van der Waals surface area contributed by atoms with Crippen molar-refractivity contribution in [2.45, 2.75) is 12.8 Å². The highest BCUT2D eigenvalue weighted by Gasteiger charge is 2.01. The highest BCUT2D eigenvalue weighted by Crippen LogP contribution is 2.11. The number of aromatic nitrogens is 1. The van der Waals surface area contributed by atoms with E-state index in [0.29, 0.717) is 24.2 Å². The number of nitrogens with two attached hydrogens (primary N) is 1. The summed E-state index contributed by atoms with van der Waals surface area (Å²) in [6, 6.07) is 1.35. The second kappa shape index (κ2) is 4.01. The Bertz CT molecular complexity index is 265. The predicted molar refractivity (Wildman–Crippen MR) is 44.0 cm³/mol. The molecule has 4 heteroatoms. The second-order valence-corrected chi connectivity index (χ2v) is 2.53. The molecule has 0 radical (unpaired) electrons. The average molecular weight is 170 g/mol. The Morgan fingerprint density at radius 3 is 3.00 bits per heavy atom. The molecule has 1 heterocycles. The number of nitrogen functional groups attached to an aromatic ring is 1. The molecule has 0 atom stereocenters. The zero-order valence-corrected chi connectivity index (χ0v) is 6.63. The fourth-order valence-corrected chi connectivity index (χ4v) is 0.962. The Morgan fingerprint density at radius 2 is 2.33 bits per heavy atom. The van der Waals surface area contributed by atoms with Crippen molar-refractivity contribution in [2.24, 2.45) is 0 Å². The summed E-state index contributed by atoms with van der Waals surface area (Å²) in [6.45, 7) is 0.0793. The van der Waals surface area contributed by atoms with E-state index in [4.69, 9.17) is 10.8 Å². The summed E-state index contributed by atoms with van der Waals surface area (Å²) >= 11 is 0. The number of aliphatic hydroxyl groups is 1. The molecule has 0 fully saturated rings. The topological polar surface area (TPSA) is 59.1 Å². The molecule has 0 aliphatic carbocycles. The van der Waals surface area contributed by atoms with E-state index in [1.165, 1.54) is 6.07 Å². The van der Waals surface area contributed by atoms with E-state index in [2.05, 4.69) is 4.98 Å². The Labute approximate surface area is 70.0 Å². The molecule has 0 aliphatic rings. The van der Waals surface area contributed by atoms with E-state index in [9.17, 15) is 4.39 Å². The van der Waals surface area contributed by atoms with Crippen LogP contribution in [0.5, 0.6) is 0 Å². The summed E-state index contributed by atoms with van der Waals surface area (Å²) in [4.78, 5) is 3.65. The first-order valence-corrected chi connectivity index (χ1v) is 3.75. The second-order valence-electron chi connectivity index (χ2n) is 2.53. The number of hydrogen-bond acceptors (Lipinski definition) is 3. The van der Waals surface area contributed by atoms with Crippen LogP contribution in [-0.4, -0.2) is 16.7 Å². The van der Waals surface area contributed by atoms with Crippen LogP contribution >= 0.6 is 0 Å². The number of halogens is 1. The zero-order valence-electron chi connectivity index (χ0n) is 6.63. The minimum atomic E-state index is -0.392. The monoisotopic (exact) mass is 170 g/mol. The van der Waals surface area contributed by atoms with Crippen molar-refractivity contribution >= 4 is 5.82 Å². The quantitative estimate of drug-likeness (QED) is 0.703. The van der Waals surface area contributed by atoms with Crippen LogP contribution in [0.25, 0.3) is 0 Å². The molecule has 0 saturated carbocycles. The molecule has 0 amide bonds. The number of aliphatic hydroxyl groups excluding tert-OH is 1. The SMILES string of the molecule is Nc1ncc(F)cc1CCCO.